The molecule has 0 radical (unpaired) electrons. The fraction of sp³-hybridized carbons (Fsp3) is 0.455. The van der Waals surface area contributed by atoms with E-state index in [-0.39, 0.29) is 11.9 Å². The molecular formula is C11H13N5OS. The molecule has 2 aromatic heterocycles. The van der Waals surface area contributed by atoms with Gasteiger partial charge in [-0.25, -0.2) is 0 Å². The lowest BCUT2D eigenvalue weighted by Crippen LogP contribution is -2.31. The lowest BCUT2D eigenvalue weighted by Gasteiger charge is -2.23. The Labute approximate surface area is 108 Å². The Morgan fingerprint density at radius 3 is 3.28 bits per heavy atom. The summed E-state index contributed by atoms with van der Waals surface area (Å²) in [5.74, 6) is -0.162. The van der Waals surface area contributed by atoms with E-state index >= 15 is 0 Å². The number of nitrogens with one attached hydrogen (secondary N) is 1. The number of fused-ring (bicyclic) bond motifs is 1. The Morgan fingerprint density at radius 2 is 2.50 bits per heavy atom. The highest BCUT2D eigenvalue weighted by atomic mass is 32.1. The fourth-order valence-corrected chi connectivity index (χ4v) is 2.79. The van der Waals surface area contributed by atoms with Crippen molar-refractivity contribution in [1.82, 2.24) is 24.7 Å². The third-order valence-corrected chi connectivity index (χ3v) is 3.78. The molecular weight excluding hydrogens is 250 g/mol. The van der Waals surface area contributed by atoms with Gasteiger partial charge in [0.25, 0.3) is 5.91 Å². The van der Waals surface area contributed by atoms with E-state index in [4.69, 9.17) is 0 Å². The molecule has 0 aromatic carbocycles. The zero-order chi connectivity index (χ0) is 12.5. The van der Waals surface area contributed by atoms with Gasteiger partial charge in [0, 0.05) is 23.7 Å². The van der Waals surface area contributed by atoms with Crippen LogP contribution in [0.25, 0.3) is 0 Å². The van der Waals surface area contributed by atoms with Crippen molar-refractivity contribution in [3.8, 4) is 0 Å². The van der Waals surface area contributed by atoms with E-state index in [9.17, 15) is 4.79 Å². The topological polar surface area (TPSA) is 72.7 Å². The first-order chi connectivity index (χ1) is 8.75. The van der Waals surface area contributed by atoms with E-state index in [1.54, 1.807) is 5.38 Å². The minimum Gasteiger partial charge on any atom is -0.344 e. The second kappa shape index (κ2) is 4.49. The van der Waals surface area contributed by atoms with Crippen molar-refractivity contribution in [2.24, 2.45) is 7.05 Å². The maximum Gasteiger partial charge on any atom is 0.273 e. The van der Waals surface area contributed by atoms with Crippen LogP contribution in [-0.4, -0.2) is 25.3 Å². The van der Waals surface area contributed by atoms with Gasteiger partial charge in [-0.1, -0.05) is 4.49 Å². The number of aryl methyl sites for hydroxylation is 1. The van der Waals surface area contributed by atoms with Crippen LogP contribution < -0.4 is 5.32 Å². The second-order valence-electron chi connectivity index (χ2n) is 4.38. The van der Waals surface area contributed by atoms with Crippen LogP contribution in [0.3, 0.4) is 0 Å². The van der Waals surface area contributed by atoms with Gasteiger partial charge in [0.1, 0.15) is 0 Å². The van der Waals surface area contributed by atoms with E-state index in [0.717, 1.165) is 24.8 Å². The van der Waals surface area contributed by atoms with Gasteiger partial charge in [-0.3, -0.25) is 9.48 Å². The van der Waals surface area contributed by atoms with Crippen LogP contribution >= 0.6 is 11.5 Å². The predicted octanol–water partition coefficient (Wildman–Crippen LogP) is 1.08. The molecule has 0 saturated heterocycles. The minimum absolute atomic E-state index is 0.0386. The average molecular weight is 263 g/mol. The normalized spacial score (nSPS) is 18.4. The highest BCUT2D eigenvalue weighted by molar-refractivity contribution is 7.03. The average Bonchev–Trinajstić information content (AvgIpc) is 3.00. The zero-order valence-corrected chi connectivity index (χ0v) is 10.8. The number of hydrogen-bond donors (Lipinski definition) is 1. The van der Waals surface area contributed by atoms with Crippen LogP contribution in [0.5, 0.6) is 0 Å². The monoisotopic (exact) mass is 263 g/mol. The van der Waals surface area contributed by atoms with Gasteiger partial charge in [0.2, 0.25) is 0 Å². The van der Waals surface area contributed by atoms with Crippen LogP contribution in [0, 0.1) is 0 Å². The Kier molecular flexibility index (Phi) is 2.83. The predicted molar refractivity (Wildman–Crippen MR) is 66.3 cm³/mol. The van der Waals surface area contributed by atoms with Gasteiger partial charge >= 0.3 is 0 Å². The molecule has 1 aliphatic rings. The molecule has 94 valence electrons. The van der Waals surface area contributed by atoms with Gasteiger partial charge in [0.05, 0.1) is 12.2 Å². The third-order valence-electron chi connectivity index (χ3n) is 3.27. The Hall–Kier alpha value is -1.76. The smallest absolute Gasteiger partial charge is 0.273 e. The highest BCUT2D eigenvalue weighted by Gasteiger charge is 2.25. The molecule has 2 aromatic rings. The Morgan fingerprint density at radius 1 is 1.61 bits per heavy atom. The molecule has 2 heterocycles. The minimum atomic E-state index is -0.162. The molecule has 0 fully saturated rings. The van der Waals surface area contributed by atoms with Crippen molar-refractivity contribution in [2.45, 2.75) is 25.3 Å². The molecule has 1 N–H and O–H groups in total. The largest absolute Gasteiger partial charge is 0.344 e. The lowest BCUT2D eigenvalue weighted by molar-refractivity contribution is 0.0927. The SMILES string of the molecule is Cn1ncc2c1CCCC2NC(=O)c1csnn1. The zero-order valence-electron chi connectivity index (χ0n) is 9.96. The van der Waals surface area contributed by atoms with E-state index in [0.29, 0.717) is 5.69 Å². The third kappa shape index (κ3) is 1.90. The molecule has 1 unspecified atom stereocenters. The first-order valence-electron chi connectivity index (χ1n) is 5.84. The first-order valence-corrected chi connectivity index (χ1v) is 6.68. The summed E-state index contributed by atoms with van der Waals surface area (Å²) in [4.78, 5) is 12.0. The van der Waals surface area contributed by atoms with E-state index in [2.05, 4.69) is 20.0 Å². The summed E-state index contributed by atoms with van der Waals surface area (Å²) in [5, 5.41) is 12.7. The van der Waals surface area contributed by atoms with Crippen molar-refractivity contribution < 1.29 is 4.79 Å². The summed E-state index contributed by atoms with van der Waals surface area (Å²) in [5.41, 5.74) is 2.72. The summed E-state index contributed by atoms with van der Waals surface area (Å²) < 4.78 is 5.59. The highest BCUT2D eigenvalue weighted by Crippen LogP contribution is 2.29. The summed E-state index contributed by atoms with van der Waals surface area (Å²) in [6, 6.07) is 0.0386. The first kappa shape index (κ1) is 11.3. The second-order valence-corrected chi connectivity index (χ2v) is 4.99. The standard InChI is InChI=1S/C11H13N5OS/c1-16-10-4-2-3-8(7(10)5-12-16)13-11(17)9-6-18-15-14-9/h5-6,8H,2-4H2,1H3,(H,13,17). The van der Waals surface area contributed by atoms with E-state index < -0.39 is 0 Å². The maximum absolute atomic E-state index is 12.0. The van der Waals surface area contributed by atoms with Crippen LogP contribution in [0.2, 0.25) is 0 Å². The summed E-state index contributed by atoms with van der Waals surface area (Å²) in [6.07, 6.45) is 4.88. The van der Waals surface area contributed by atoms with Crippen molar-refractivity contribution in [3.63, 3.8) is 0 Å². The summed E-state index contributed by atoms with van der Waals surface area (Å²) in [7, 11) is 1.94. The molecule has 0 aliphatic heterocycles. The number of hydrogen-bond acceptors (Lipinski definition) is 5. The van der Waals surface area contributed by atoms with Gasteiger partial charge < -0.3 is 5.32 Å². The molecule has 6 nitrogen and oxygen atoms in total. The van der Waals surface area contributed by atoms with Gasteiger partial charge in [-0.05, 0) is 30.8 Å². The maximum atomic E-state index is 12.0. The molecule has 0 spiro atoms. The van der Waals surface area contributed by atoms with E-state index in [1.807, 2.05) is 17.9 Å². The number of amides is 1. The molecule has 3 rings (SSSR count). The van der Waals surface area contributed by atoms with Crippen LogP contribution in [-0.2, 0) is 13.5 Å². The van der Waals surface area contributed by atoms with Crippen molar-refractivity contribution in [2.75, 3.05) is 0 Å². The van der Waals surface area contributed by atoms with Crippen molar-refractivity contribution >= 4 is 17.4 Å². The van der Waals surface area contributed by atoms with Crippen molar-refractivity contribution in [1.29, 1.82) is 0 Å². The summed E-state index contributed by atoms with van der Waals surface area (Å²) >= 11 is 1.18. The molecule has 7 heteroatoms. The molecule has 1 atom stereocenters. The number of rotatable bonds is 2. The quantitative estimate of drug-likeness (QED) is 0.880. The molecule has 18 heavy (non-hydrogen) atoms. The Bertz CT molecular complexity index is 562. The number of aromatic nitrogens is 4. The van der Waals surface area contributed by atoms with Crippen LogP contribution in [0.4, 0.5) is 0 Å². The van der Waals surface area contributed by atoms with Crippen molar-refractivity contribution in [3.05, 3.63) is 28.5 Å². The molecule has 1 amide bonds. The number of nitrogens with zero attached hydrogens (tertiary/aromatic N) is 4. The van der Waals surface area contributed by atoms with Gasteiger partial charge in [0.15, 0.2) is 5.69 Å². The summed E-state index contributed by atoms with van der Waals surface area (Å²) in [6.45, 7) is 0. The van der Waals surface area contributed by atoms with Gasteiger partial charge in [-0.2, -0.15) is 5.10 Å². The fourth-order valence-electron chi connectivity index (χ4n) is 2.35. The number of carbonyl (C=O) groups excluding carboxylic acids is 1. The number of carbonyl (C=O) groups is 1. The Balaban J connectivity index is 1.80. The molecule has 0 saturated carbocycles. The van der Waals surface area contributed by atoms with E-state index in [1.165, 1.54) is 17.2 Å². The molecule has 0 bridgehead atoms. The lowest BCUT2D eigenvalue weighted by atomic mass is 9.93. The van der Waals surface area contributed by atoms with Crippen LogP contribution in [0.1, 0.15) is 40.6 Å². The van der Waals surface area contributed by atoms with Gasteiger partial charge in [-0.15, -0.1) is 5.10 Å². The van der Waals surface area contributed by atoms with Crippen LogP contribution in [0.15, 0.2) is 11.6 Å². The molecule has 1 aliphatic carbocycles.